The number of rotatable bonds is 7. The molecule has 2 aromatic rings. The average molecular weight is 417 g/mol. The molecule has 0 saturated heterocycles. The van der Waals surface area contributed by atoms with E-state index in [1.807, 2.05) is 12.1 Å². The third-order valence-corrected chi connectivity index (χ3v) is 6.67. The van der Waals surface area contributed by atoms with Crippen LogP contribution in [0, 0.1) is 5.92 Å². The predicted octanol–water partition coefficient (Wildman–Crippen LogP) is 4.49. The molecule has 1 aromatic carbocycles. The Labute approximate surface area is 168 Å². The van der Waals surface area contributed by atoms with E-state index in [1.54, 1.807) is 31.5 Å². The van der Waals surface area contributed by atoms with Crippen LogP contribution in [-0.4, -0.2) is 36.2 Å². The Kier molecular flexibility index (Phi) is 5.11. The van der Waals surface area contributed by atoms with E-state index in [-0.39, 0.29) is 30.3 Å². The molecular weight excluding hydrogens is 395 g/mol. The Hall–Kier alpha value is -2.40. The van der Waals surface area contributed by atoms with Gasteiger partial charge >= 0.3 is 0 Å². The topological polar surface area (TPSA) is 71.4 Å². The van der Waals surface area contributed by atoms with Gasteiger partial charge in [0.1, 0.15) is 18.6 Å². The van der Waals surface area contributed by atoms with E-state index in [0.29, 0.717) is 33.8 Å². The van der Waals surface area contributed by atoms with Crippen LogP contribution >= 0.6 is 7.14 Å². The summed E-state index contributed by atoms with van der Waals surface area (Å²) in [4.78, 5) is 20.8. The van der Waals surface area contributed by atoms with Crippen LogP contribution in [0.15, 0.2) is 35.3 Å². The molecule has 5 nitrogen and oxygen atoms in total. The van der Waals surface area contributed by atoms with Gasteiger partial charge in [-0.05, 0) is 44.4 Å². The van der Waals surface area contributed by atoms with Crippen molar-refractivity contribution >= 4 is 41.0 Å². The second kappa shape index (κ2) is 7.45. The highest BCUT2D eigenvalue weighted by Crippen LogP contribution is 2.41. The third-order valence-electron chi connectivity index (χ3n) is 5.12. The molecule has 1 aliphatic heterocycles. The van der Waals surface area contributed by atoms with Crippen molar-refractivity contribution in [1.82, 2.24) is 4.98 Å². The SMILES string of the molecule is CP(C)(=O)c1ccccc1Nc1cc(CC(=O)C2CC2)nc2c1N=C(C(F)F)C2. The highest BCUT2D eigenvalue weighted by Gasteiger charge is 2.31. The lowest BCUT2D eigenvalue weighted by molar-refractivity contribution is -0.119. The van der Waals surface area contributed by atoms with Crippen LogP contribution < -0.4 is 10.6 Å². The smallest absolute Gasteiger partial charge is 0.277 e. The molecular formula is C21H22F2N3O2P. The summed E-state index contributed by atoms with van der Waals surface area (Å²) in [7, 11) is -2.57. The van der Waals surface area contributed by atoms with Gasteiger partial charge in [0.2, 0.25) is 0 Å². The zero-order chi connectivity index (χ0) is 20.8. The molecule has 8 heteroatoms. The molecule has 0 atom stereocenters. The van der Waals surface area contributed by atoms with Crippen LogP contribution in [0.4, 0.5) is 25.8 Å². The Morgan fingerprint density at radius 2 is 1.97 bits per heavy atom. The fraction of sp³-hybridized carbons (Fsp3) is 0.381. The summed E-state index contributed by atoms with van der Waals surface area (Å²) in [5.41, 5.74) is 2.26. The van der Waals surface area contributed by atoms with E-state index in [4.69, 9.17) is 0 Å². The molecule has 4 rings (SSSR count). The first kappa shape index (κ1) is 19.9. The first-order chi connectivity index (χ1) is 13.7. The van der Waals surface area contributed by atoms with Gasteiger partial charge in [-0.2, -0.15) is 0 Å². The monoisotopic (exact) mass is 417 g/mol. The van der Waals surface area contributed by atoms with E-state index in [0.717, 1.165) is 12.8 Å². The van der Waals surface area contributed by atoms with Crippen LogP contribution in [0.3, 0.4) is 0 Å². The molecule has 0 bridgehead atoms. The highest BCUT2D eigenvalue weighted by molar-refractivity contribution is 7.70. The molecule has 0 radical (unpaired) electrons. The lowest BCUT2D eigenvalue weighted by atomic mass is 10.1. The molecule has 2 aliphatic rings. The number of fused-ring (bicyclic) bond motifs is 1. The van der Waals surface area contributed by atoms with Gasteiger partial charge < -0.3 is 9.88 Å². The molecule has 1 aromatic heterocycles. The molecule has 2 heterocycles. The van der Waals surface area contributed by atoms with Crippen molar-refractivity contribution < 1.29 is 18.1 Å². The van der Waals surface area contributed by atoms with Crippen LogP contribution in [0.5, 0.6) is 0 Å². The van der Waals surface area contributed by atoms with E-state index in [9.17, 15) is 18.1 Å². The molecule has 1 fully saturated rings. The first-order valence-electron chi connectivity index (χ1n) is 9.55. The second-order valence-corrected chi connectivity index (χ2v) is 11.1. The minimum Gasteiger partial charge on any atom is -0.353 e. The lowest BCUT2D eigenvalue weighted by Crippen LogP contribution is -2.12. The second-order valence-electron chi connectivity index (χ2n) is 7.95. The number of hydrogen-bond acceptors (Lipinski definition) is 5. The normalized spacial score (nSPS) is 16.0. The zero-order valence-corrected chi connectivity index (χ0v) is 17.2. The van der Waals surface area contributed by atoms with E-state index in [2.05, 4.69) is 15.3 Å². The fourth-order valence-corrected chi connectivity index (χ4v) is 4.64. The van der Waals surface area contributed by atoms with Gasteiger partial charge in [0.05, 0.1) is 22.8 Å². The number of carbonyl (C=O) groups excluding carboxylic acids is 1. The highest BCUT2D eigenvalue weighted by atomic mass is 31.2. The number of carbonyl (C=O) groups is 1. The summed E-state index contributed by atoms with van der Waals surface area (Å²) < 4.78 is 39.2. The number of para-hydroxylation sites is 1. The maximum Gasteiger partial charge on any atom is 0.277 e. The number of alkyl halides is 2. The van der Waals surface area contributed by atoms with Crippen molar-refractivity contribution in [3.8, 4) is 0 Å². The first-order valence-corrected chi connectivity index (χ1v) is 12.1. The summed E-state index contributed by atoms with van der Waals surface area (Å²) in [5.74, 6) is 0.226. The summed E-state index contributed by atoms with van der Waals surface area (Å²) in [6.07, 6.45) is -0.702. The summed E-state index contributed by atoms with van der Waals surface area (Å²) in [6.45, 7) is 3.36. The van der Waals surface area contributed by atoms with Crippen molar-refractivity contribution in [2.45, 2.75) is 32.1 Å². The van der Waals surface area contributed by atoms with Crippen molar-refractivity contribution in [3.63, 3.8) is 0 Å². The maximum absolute atomic E-state index is 13.2. The minimum atomic E-state index is -2.66. The quantitative estimate of drug-likeness (QED) is 0.674. The summed E-state index contributed by atoms with van der Waals surface area (Å²) >= 11 is 0. The van der Waals surface area contributed by atoms with Gasteiger partial charge in [-0.25, -0.2) is 13.8 Å². The van der Waals surface area contributed by atoms with Crippen LogP contribution in [-0.2, 0) is 22.2 Å². The lowest BCUT2D eigenvalue weighted by Gasteiger charge is -2.17. The molecule has 1 N–H and O–H groups in total. The summed E-state index contributed by atoms with van der Waals surface area (Å²) in [5, 5.41) is 3.89. The Bertz CT molecular complexity index is 1060. The number of nitrogens with one attached hydrogen (secondary N) is 1. The Balaban J connectivity index is 1.74. The minimum absolute atomic E-state index is 0.0329. The van der Waals surface area contributed by atoms with Gasteiger partial charge in [0.15, 0.2) is 0 Å². The number of aliphatic imine (C=N–C) groups is 1. The average Bonchev–Trinajstić information content (AvgIpc) is 3.40. The summed E-state index contributed by atoms with van der Waals surface area (Å²) in [6, 6.07) is 8.90. The Morgan fingerprint density at radius 1 is 1.24 bits per heavy atom. The predicted molar refractivity (Wildman–Crippen MR) is 111 cm³/mol. The van der Waals surface area contributed by atoms with Crippen LogP contribution in [0.25, 0.3) is 0 Å². The van der Waals surface area contributed by atoms with Crippen molar-refractivity contribution in [2.24, 2.45) is 10.9 Å². The number of Topliss-reactive ketones (excluding diaryl/α,β-unsaturated/α-hetero) is 1. The van der Waals surface area contributed by atoms with E-state index >= 15 is 0 Å². The number of benzene rings is 1. The van der Waals surface area contributed by atoms with Gasteiger partial charge in [-0.15, -0.1) is 0 Å². The van der Waals surface area contributed by atoms with Gasteiger partial charge in [-0.3, -0.25) is 9.78 Å². The molecule has 29 heavy (non-hydrogen) atoms. The number of pyridine rings is 1. The largest absolute Gasteiger partial charge is 0.353 e. The molecule has 1 aliphatic carbocycles. The number of aromatic nitrogens is 1. The fourth-order valence-electron chi connectivity index (χ4n) is 3.49. The number of hydrogen-bond donors (Lipinski definition) is 1. The van der Waals surface area contributed by atoms with Gasteiger partial charge in [0, 0.05) is 29.8 Å². The third kappa shape index (κ3) is 4.30. The maximum atomic E-state index is 13.2. The van der Waals surface area contributed by atoms with Crippen molar-refractivity contribution in [1.29, 1.82) is 0 Å². The molecule has 1 saturated carbocycles. The number of anilines is 2. The van der Waals surface area contributed by atoms with E-state index < -0.39 is 13.6 Å². The Morgan fingerprint density at radius 3 is 2.62 bits per heavy atom. The van der Waals surface area contributed by atoms with Gasteiger partial charge in [-0.1, -0.05) is 12.1 Å². The van der Waals surface area contributed by atoms with Crippen LogP contribution in [0.1, 0.15) is 24.2 Å². The van der Waals surface area contributed by atoms with Crippen molar-refractivity contribution in [3.05, 3.63) is 41.7 Å². The molecule has 152 valence electrons. The van der Waals surface area contributed by atoms with Crippen molar-refractivity contribution in [2.75, 3.05) is 18.6 Å². The standard InChI is InChI=1S/C21H22F2N3O2P/c1-29(2,28)19-6-4-3-5-14(19)25-15-9-13(10-18(27)12-7-8-12)24-16-11-17(21(22)23)26-20(15)16/h3-6,9,12,21H,7-8,10-11H2,1-2H3,(H,24,25). The van der Waals surface area contributed by atoms with Crippen LogP contribution in [0.2, 0.25) is 0 Å². The number of halogens is 2. The zero-order valence-electron chi connectivity index (χ0n) is 16.3. The van der Waals surface area contributed by atoms with E-state index in [1.165, 1.54) is 0 Å². The van der Waals surface area contributed by atoms with Gasteiger partial charge in [0.25, 0.3) is 6.43 Å². The molecule has 0 spiro atoms. The molecule has 0 amide bonds. The number of ketones is 1. The number of nitrogens with zero attached hydrogens (tertiary/aromatic N) is 2. The molecule has 0 unspecified atom stereocenters.